The molecule has 1 aromatic rings. The molecule has 1 saturated heterocycles. The number of benzene rings is 1. The van der Waals surface area contributed by atoms with Crippen LogP contribution in [-0.2, 0) is 11.3 Å². The molecule has 7 nitrogen and oxygen atoms in total. The van der Waals surface area contributed by atoms with E-state index in [1.54, 1.807) is 11.9 Å². The molecule has 3 amide bonds. The van der Waals surface area contributed by atoms with Crippen molar-refractivity contribution in [1.29, 1.82) is 0 Å². The van der Waals surface area contributed by atoms with Crippen molar-refractivity contribution in [3.05, 3.63) is 46.2 Å². The summed E-state index contributed by atoms with van der Waals surface area (Å²) in [5, 5.41) is 0. The number of carbonyl (C=O) groups is 2. The highest BCUT2D eigenvalue weighted by Crippen LogP contribution is 2.35. The Kier molecular flexibility index (Phi) is 4.69. The number of hydrogen-bond acceptors (Lipinski definition) is 5. The lowest BCUT2D eigenvalue weighted by Crippen LogP contribution is -2.63. The molecule has 0 bridgehead atoms. The Hall–Kier alpha value is -2.35. The summed E-state index contributed by atoms with van der Waals surface area (Å²) in [5.74, 6) is 0.560. The lowest BCUT2D eigenvalue weighted by molar-refractivity contribution is -0.137. The Morgan fingerprint density at radius 3 is 2.54 bits per heavy atom. The Morgan fingerprint density at radius 1 is 1.21 bits per heavy atom. The van der Waals surface area contributed by atoms with Crippen LogP contribution in [-0.4, -0.2) is 62.8 Å². The lowest BCUT2D eigenvalue weighted by Gasteiger charge is -2.40. The van der Waals surface area contributed by atoms with Gasteiger partial charge >= 0.3 is 6.03 Å². The van der Waals surface area contributed by atoms with E-state index < -0.39 is 12.2 Å². The zero-order valence-corrected chi connectivity index (χ0v) is 18.0. The zero-order valence-electron chi connectivity index (χ0n) is 16.5. The highest BCUT2D eigenvalue weighted by Gasteiger charge is 2.54. The average Bonchev–Trinajstić information content (AvgIpc) is 3.19. The lowest BCUT2D eigenvalue weighted by atomic mass is 10.1. The zero-order chi connectivity index (χ0) is 20.2. The molecule has 0 spiro atoms. The minimum absolute atomic E-state index is 0.204. The smallest absolute Gasteiger partial charge is 0.312 e. The first-order valence-electron chi connectivity index (χ1n) is 9.50. The van der Waals surface area contributed by atoms with Gasteiger partial charge < -0.3 is 14.7 Å². The summed E-state index contributed by atoms with van der Waals surface area (Å²) >= 11 is 3.41. The standard InChI is InChI=1S/C20H24BrN5O2/c1-5-12(2)26-13(3)10-24-16-17(22-19(24)26)23(4)20(28)25(18(16)27)11-14-6-8-15(21)9-7-14/h6-10,12,16-17H,5,11H2,1-4H3. The summed E-state index contributed by atoms with van der Waals surface area (Å²) in [5.41, 5.74) is 1.98. The van der Waals surface area contributed by atoms with E-state index in [9.17, 15) is 9.59 Å². The van der Waals surface area contributed by atoms with Crippen molar-refractivity contribution in [2.45, 2.75) is 52.0 Å². The van der Waals surface area contributed by atoms with Gasteiger partial charge in [0.25, 0.3) is 5.91 Å². The van der Waals surface area contributed by atoms with Crippen LogP contribution in [0.5, 0.6) is 0 Å². The monoisotopic (exact) mass is 445 g/mol. The molecule has 3 heterocycles. The number of allylic oxidation sites excluding steroid dienone is 1. The number of nitrogens with zero attached hydrogens (tertiary/aromatic N) is 5. The van der Waals surface area contributed by atoms with Crippen LogP contribution in [0.15, 0.2) is 45.6 Å². The van der Waals surface area contributed by atoms with Gasteiger partial charge in [0, 0.05) is 29.5 Å². The van der Waals surface area contributed by atoms with Gasteiger partial charge in [-0.15, -0.1) is 0 Å². The van der Waals surface area contributed by atoms with Crippen LogP contribution < -0.4 is 0 Å². The molecule has 3 atom stereocenters. The first kappa shape index (κ1) is 19.0. The number of rotatable bonds is 4. The number of likely N-dealkylation sites (N-methyl/N-ethyl adjacent to an activating group) is 1. The van der Waals surface area contributed by atoms with Crippen molar-refractivity contribution in [3.63, 3.8) is 0 Å². The molecule has 0 saturated carbocycles. The van der Waals surface area contributed by atoms with Crippen LogP contribution >= 0.6 is 15.9 Å². The molecule has 1 fully saturated rings. The summed E-state index contributed by atoms with van der Waals surface area (Å²) < 4.78 is 0.960. The van der Waals surface area contributed by atoms with Crippen molar-refractivity contribution in [3.8, 4) is 0 Å². The van der Waals surface area contributed by atoms with Crippen LogP contribution in [0, 0.1) is 0 Å². The fraction of sp³-hybridized carbons (Fsp3) is 0.450. The molecular formula is C20H24BrN5O2. The van der Waals surface area contributed by atoms with Gasteiger partial charge in [-0.05, 0) is 38.0 Å². The van der Waals surface area contributed by atoms with Gasteiger partial charge in [-0.1, -0.05) is 35.0 Å². The number of carbonyl (C=O) groups excluding carboxylic acids is 2. The van der Waals surface area contributed by atoms with Crippen molar-refractivity contribution in [2.75, 3.05) is 7.05 Å². The maximum absolute atomic E-state index is 13.3. The maximum Gasteiger partial charge on any atom is 0.328 e. The van der Waals surface area contributed by atoms with Gasteiger partial charge in [0.1, 0.15) is 0 Å². The summed E-state index contributed by atoms with van der Waals surface area (Å²) in [7, 11) is 1.72. The molecule has 8 heteroatoms. The van der Waals surface area contributed by atoms with E-state index in [0.717, 1.165) is 28.1 Å². The third-order valence-electron chi connectivity index (χ3n) is 5.72. The summed E-state index contributed by atoms with van der Waals surface area (Å²) in [6.45, 7) is 6.55. The number of guanidine groups is 1. The largest absolute Gasteiger partial charge is 0.328 e. The molecule has 3 aliphatic rings. The van der Waals surface area contributed by atoms with Gasteiger partial charge in [-0.25, -0.2) is 9.79 Å². The van der Waals surface area contributed by atoms with Crippen molar-refractivity contribution in [2.24, 2.45) is 4.99 Å². The van der Waals surface area contributed by atoms with Crippen LogP contribution in [0.3, 0.4) is 0 Å². The first-order valence-corrected chi connectivity index (χ1v) is 10.3. The fourth-order valence-electron chi connectivity index (χ4n) is 4.02. The number of amides is 3. The second-order valence-corrected chi connectivity index (χ2v) is 8.45. The Bertz CT molecular complexity index is 881. The molecule has 1 aromatic carbocycles. The molecule has 0 aliphatic carbocycles. The molecule has 148 valence electrons. The molecule has 0 radical (unpaired) electrons. The molecule has 3 unspecified atom stereocenters. The SMILES string of the molecule is CCC(C)N1C(C)=CN2C1=NC1C2C(=O)N(Cc2ccc(Br)cc2)C(=O)N1C. The summed E-state index contributed by atoms with van der Waals surface area (Å²) in [6, 6.07) is 7.10. The highest BCUT2D eigenvalue weighted by atomic mass is 79.9. The van der Waals surface area contributed by atoms with Crippen LogP contribution in [0.25, 0.3) is 0 Å². The number of aliphatic imine (C=N–C) groups is 1. The predicted octanol–water partition coefficient (Wildman–Crippen LogP) is 3.18. The van der Waals surface area contributed by atoms with E-state index >= 15 is 0 Å². The number of hydrogen-bond donors (Lipinski definition) is 0. The minimum atomic E-state index is -0.517. The number of urea groups is 1. The Labute approximate surface area is 173 Å². The fourth-order valence-corrected chi connectivity index (χ4v) is 4.28. The number of fused-ring (bicyclic) bond motifs is 3. The van der Waals surface area contributed by atoms with Crippen molar-refractivity contribution < 1.29 is 9.59 Å². The molecule has 4 rings (SSSR count). The van der Waals surface area contributed by atoms with Gasteiger partial charge in [0.05, 0.1) is 6.54 Å². The average molecular weight is 446 g/mol. The van der Waals surface area contributed by atoms with E-state index in [-0.39, 0.29) is 24.5 Å². The third-order valence-corrected chi connectivity index (χ3v) is 6.24. The number of imide groups is 1. The first-order chi connectivity index (χ1) is 13.3. The van der Waals surface area contributed by atoms with Crippen molar-refractivity contribution >= 4 is 33.8 Å². The highest BCUT2D eigenvalue weighted by molar-refractivity contribution is 9.10. The summed E-state index contributed by atoms with van der Waals surface area (Å²) in [4.78, 5) is 38.0. The third kappa shape index (κ3) is 2.82. The Morgan fingerprint density at radius 2 is 1.89 bits per heavy atom. The topological polar surface area (TPSA) is 59.5 Å². The van der Waals surface area contributed by atoms with Gasteiger partial charge in [0.2, 0.25) is 5.96 Å². The van der Waals surface area contributed by atoms with Crippen LogP contribution in [0.1, 0.15) is 32.8 Å². The molecule has 0 aromatic heterocycles. The second-order valence-electron chi connectivity index (χ2n) is 7.54. The quantitative estimate of drug-likeness (QED) is 0.713. The van der Waals surface area contributed by atoms with E-state index in [1.165, 1.54) is 4.90 Å². The molecular weight excluding hydrogens is 422 g/mol. The molecule has 3 aliphatic heterocycles. The maximum atomic E-state index is 13.3. The van der Waals surface area contributed by atoms with Gasteiger partial charge in [0.15, 0.2) is 12.2 Å². The van der Waals surface area contributed by atoms with Crippen LogP contribution in [0.4, 0.5) is 4.79 Å². The summed E-state index contributed by atoms with van der Waals surface area (Å²) in [6.07, 6.45) is 2.45. The van der Waals surface area contributed by atoms with Crippen LogP contribution in [0.2, 0.25) is 0 Å². The predicted molar refractivity (Wildman–Crippen MR) is 110 cm³/mol. The van der Waals surface area contributed by atoms with Crippen molar-refractivity contribution in [1.82, 2.24) is 19.6 Å². The Balaban J connectivity index is 1.64. The van der Waals surface area contributed by atoms with E-state index in [1.807, 2.05) is 42.3 Å². The van der Waals surface area contributed by atoms with E-state index in [4.69, 9.17) is 4.99 Å². The van der Waals surface area contributed by atoms with Gasteiger partial charge in [-0.3, -0.25) is 9.69 Å². The minimum Gasteiger partial charge on any atom is -0.312 e. The normalized spacial score (nSPS) is 25.0. The van der Waals surface area contributed by atoms with E-state index in [0.29, 0.717) is 0 Å². The molecule has 0 N–H and O–H groups in total. The number of halogens is 1. The molecule has 28 heavy (non-hydrogen) atoms. The second kappa shape index (κ2) is 6.92. The van der Waals surface area contributed by atoms with Gasteiger partial charge in [-0.2, -0.15) is 0 Å². The van der Waals surface area contributed by atoms with E-state index in [2.05, 4.69) is 34.7 Å².